The maximum Gasteiger partial charge on any atom is 0.331 e. The van der Waals surface area contributed by atoms with E-state index in [0.717, 1.165) is 44.6 Å². The zero-order valence-corrected chi connectivity index (χ0v) is 46.1. The molecule has 436 valence electrons. The Morgan fingerprint density at radius 2 is 1.47 bits per heavy atom. The number of aliphatic hydroxyl groups is 10. The number of ether oxygens (including phenoxy) is 3. The molecule has 0 radical (unpaired) electrons. The molecule has 20 heteroatoms. The van der Waals surface area contributed by atoms with Crippen LogP contribution in [0.4, 0.5) is 0 Å². The predicted molar refractivity (Wildman–Crippen MR) is 287 cm³/mol. The summed E-state index contributed by atoms with van der Waals surface area (Å²) in [5, 5.41) is 126. The topological polar surface area (TPSA) is 338 Å². The van der Waals surface area contributed by atoms with Crippen LogP contribution in [0, 0.1) is 29.6 Å². The van der Waals surface area contributed by atoms with E-state index < -0.39 is 128 Å². The Balaban J connectivity index is 2.39. The first-order chi connectivity index (χ1) is 35.8. The van der Waals surface area contributed by atoms with Crippen molar-refractivity contribution in [2.75, 3.05) is 20.6 Å². The van der Waals surface area contributed by atoms with E-state index in [2.05, 4.69) is 27.8 Å². The highest BCUT2D eigenvalue weighted by molar-refractivity contribution is 5.90. The van der Waals surface area contributed by atoms with Crippen molar-refractivity contribution in [2.24, 2.45) is 34.6 Å². The Morgan fingerprint density at radius 1 is 0.816 bits per heavy atom. The van der Waals surface area contributed by atoms with Crippen LogP contribution in [-0.2, 0) is 28.6 Å². The molecule has 1 saturated heterocycles. The standard InChI is InChI=1S/C56H95N3O17/c1-34-18-14-15-22-51(70)75-53(37(4)19-13-11-9-10-12-16-25-59-55(57-7)58-8)38(5)21-17-20-35(2)45(63)28-41(61)26-40(60)27-42(74-52(71)32-50(68)69)29-43-30-48(66)54(72)56(73,76-43)33-49(67)36(3)23-24-44(62)39(6)47(65)31-46(34)64/h9-10,14-15,17-18,20-22,34,36-49,53-54,60-67,72-73H,11-13,16,19,23-33H2,1-8H3,(H,68,69)(H2,57,58,59)/b10-9+,18-14+,21-17+,22-15-,35-20+/t34-,36+,37+,38+,39+,40+,41-,42+,43-,44-,45+,46-,47+,48+,49-,53-,54-,56-/m1/s1. The van der Waals surface area contributed by atoms with E-state index in [0.29, 0.717) is 5.57 Å². The second-order valence-corrected chi connectivity index (χ2v) is 21.3. The van der Waals surface area contributed by atoms with Gasteiger partial charge < -0.3 is 81.0 Å². The van der Waals surface area contributed by atoms with Crippen LogP contribution in [0.3, 0.4) is 0 Å². The fourth-order valence-corrected chi connectivity index (χ4v) is 9.52. The van der Waals surface area contributed by atoms with Gasteiger partial charge in [0.15, 0.2) is 11.7 Å². The number of carboxylic acid groups (broad SMARTS) is 1. The first-order valence-corrected chi connectivity index (χ1v) is 27.2. The Labute approximate surface area is 450 Å². The number of rotatable bonds is 12. The van der Waals surface area contributed by atoms with Gasteiger partial charge >= 0.3 is 17.9 Å². The normalized spacial score (nSPS) is 37.5. The molecule has 0 spiro atoms. The van der Waals surface area contributed by atoms with Crippen LogP contribution >= 0.6 is 0 Å². The van der Waals surface area contributed by atoms with Crippen molar-refractivity contribution in [3.8, 4) is 0 Å². The largest absolute Gasteiger partial charge is 0.481 e. The zero-order chi connectivity index (χ0) is 57.1. The summed E-state index contributed by atoms with van der Waals surface area (Å²) in [5.41, 5.74) is 0.484. The van der Waals surface area contributed by atoms with Gasteiger partial charge in [-0.2, -0.15) is 0 Å². The monoisotopic (exact) mass is 1080 g/mol. The third kappa shape index (κ3) is 25.6. The van der Waals surface area contributed by atoms with Crippen molar-refractivity contribution in [1.82, 2.24) is 10.6 Å². The van der Waals surface area contributed by atoms with Gasteiger partial charge in [0.2, 0.25) is 0 Å². The highest BCUT2D eigenvalue weighted by atomic mass is 16.7. The van der Waals surface area contributed by atoms with E-state index >= 15 is 0 Å². The lowest BCUT2D eigenvalue weighted by Crippen LogP contribution is -2.60. The summed E-state index contributed by atoms with van der Waals surface area (Å²) >= 11 is 0. The van der Waals surface area contributed by atoms with Crippen molar-refractivity contribution >= 4 is 23.9 Å². The summed E-state index contributed by atoms with van der Waals surface area (Å²) < 4.78 is 17.4. The molecule has 20 nitrogen and oxygen atoms in total. The molecule has 0 aromatic heterocycles. The van der Waals surface area contributed by atoms with Gasteiger partial charge in [-0.3, -0.25) is 14.6 Å². The highest BCUT2D eigenvalue weighted by Gasteiger charge is 2.50. The second-order valence-electron chi connectivity index (χ2n) is 21.3. The highest BCUT2D eigenvalue weighted by Crippen LogP contribution is 2.36. The van der Waals surface area contributed by atoms with Crippen molar-refractivity contribution in [2.45, 2.75) is 217 Å². The zero-order valence-electron chi connectivity index (χ0n) is 46.1. The van der Waals surface area contributed by atoms with Gasteiger partial charge in [0.05, 0.1) is 54.9 Å². The van der Waals surface area contributed by atoms with Crippen molar-refractivity contribution in [1.29, 1.82) is 0 Å². The van der Waals surface area contributed by atoms with Crippen molar-refractivity contribution in [3.63, 3.8) is 0 Å². The van der Waals surface area contributed by atoms with Crippen LogP contribution in [0.2, 0.25) is 0 Å². The molecule has 2 rings (SSSR count). The molecule has 2 heterocycles. The number of cyclic esters (lactones) is 1. The molecular formula is C56H95N3O17. The number of aliphatic imine (C=N–C) groups is 1. The lowest BCUT2D eigenvalue weighted by atomic mass is 9.84. The van der Waals surface area contributed by atoms with Gasteiger partial charge in [-0.05, 0) is 75.7 Å². The number of aliphatic hydroxyl groups excluding tert-OH is 9. The second kappa shape index (κ2) is 35.4. The summed E-state index contributed by atoms with van der Waals surface area (Å²) in [5.74, 6) is -7.07. The molecule has 0 amide bonds. The van der Waals surface area contributed by atoms with E-state index in [9.17, 15) is 70.6 Å². The smallest absolute Gasteiger partial charge is 0.331 e. The number of carbonyl (C=O) groups excluding carboxylic acids is 2. The molecule has 0 aromatic rings. The summed E-state index contributed by atoms with van der Waals surface area (Å²) in [6.45, 7) is 11.4. The van der Waals surface area contributed by atoms with Gasteiger partial charge in [-0.1, -0.05) is 83.2 Å². The van der Waals surface area contributed by atoms with Gasteiger partial charge in [0.1, 0.15) is 24.7 Å². The molecule has 13 N–H and O–H groups in total. The minimum atomic E-state index is -2.52. The summed E-state index contributed by atoms with van der Waals surface area (Å²) in [4.78, 5) is 41.3. The van der Waals surface area contributed by atoms with E-state index in [4.69, 9.17) is 14.2 Å². The van der Waals surface area contributed by atoms with Gasteiger partial charge in [0, 0.05) is 83.0 Å². The Bertz CT molecular complexity index is 1900. The number of fused-ring (bicyclic) bond motifs is 2. The Morgan fingerprint density at radius 3 is 2.13 bits per heavy atom. The number of nitrogens with one attached hydrogen (secondary N) is 2. The fraction of sp³-hybridized carbons (Fsp3) is 0.750. The first kappa shape index (κ1) is 68.0. The SMILES string of the molecule is CN=C(NC)NCCC/C=C/CCC[C@H](C)[C@H]1OC(=O)/C=C\C=C\[C@@H](C)[C@H](O)C[C@H](O)[C@@H](C)[C@H](O)CC[C@H](C)[C@H](O)C[C@@]2(O)O[C@H](C[C@@H](OC(=O)CC(=O)O)C[C@@H](O)C[C@@H](O)C[C@H](O)/C(C)=C/C=C/[C@@H]1C)C[C@H](O)[C@H]2O. The van der Waals surface area contributed by atoms with Gasteiger partial charge in [-0.15, -0.1) is 0 Å². The molecule has 2 aliphatic rings. The first-order valence-electron chi connectivity index (χ1n) is 27.2. The lowest BCUT2D eigenvalue weighted by molar-refractivity contribution is -0.333. The maximum atomic E-state index is 13.3. The lowest BCUT2D eigenvalue weighted by Gasteiger charge is -2.45. The Kier molecular flexibility index (Phi) is 31.7. The number of esters is 2. The average molecular weight is 1080 g/mol. The van der Waals surface area contributed by atoms with E-state index in [1.165, 1.54) is 12.2 Å². The van der Waals surface area contributed by atoms with Crippen molar-refractivity contribution < 1.29 is 84.8 Å². The molecule has 1 fully saturated rings. The third-order valence-corrected chi connectivity index (χ3v) is 14.7. The molecule has 0 saturated carbocycles. The van der Waals surface area contributed by atoms with E-state index in [1.54, 1.807) is 59.0 Å². The molecule has 2 bridgehead atoms. The number of carbonyl (C=O) groups is 3. The van der Waals surface area contributed by atoms with Crippen LogP contribution < -0.4 is 10.6 Å². The van der Waals surface area contributed by atoms with E-state index in [1.807, 2.05) is 27.0 Å². The molecule has 0 aromatic carbocycles. The summed E-state index contributed by atoms with van der Waals surface area (Å²) in [6.07, 6.45) is 2.44. The number of unbranched alkanes of at least 4 members (excludes halogenated alkanes) is 2. The van der Waals surface area contributed by atoms with Crippen molar-refractivity contribution in [3.05, 3.63) is 60.3 Å². The van der Waals surface area contributed by atoms with Crippen LogP contribution in [-0.4, -0.2) is 180 Å². The third-order valence-electron chi connectivity index (χ3n) is 14.7. The number of guanidine groups is 1. The number of aliphatic carboxylic acids is 1. The Hall–Kier alpha value is -4.06. The number of hydrogen-bond acceptors (Lipinski definition) is 17. The summed E-state index contributed by atoms with van der Waals surface area (Å²) in [7, 11) is 3.53. The molecule has 0 aliphatic carbocycles. The molecular weight excluding hydrogens is 987 g/mol. The van der Waals surface area contributed by atoms with Crippen LogP contribution in [0.1, 0.15) is 138 Å². The minimum Gasteiger partial charge on any atom is -0.481 e. The molecule has 18 atom stereocenters. The summed E-state index contributed by atoms with van der Waals surface area (Å²) in [6, 6.07) is 0. The number of hydrogen-bond donors (Lipinski definition) is 13. The number of nitrogens with zero attached hydrogens (tertiary/aromatic N) is 1. The van der Waals surface area contributed by atoms with Gasteiger partial charge in [-0.25, -0.2) is 4.79 Å². The number of carboxylic acids is 1. The predicted octanol–water partition coefficient (Wildman–Crippen LogP) is 3.24. The molecule has 76 heavy (non-hydrogen) atoms. The van der Waals surface area contributed by atoms with Gasteiger partial charge in [0.25, 0.3) is 0 Å². The molecule has 0 unspecified atom stereocenters. The fourth-order valence-electron chi connectivity index (χ4n) is 9.52. The maximum absolute atomic E-state index is 13.3. The minimum absolute atomic E-state index is 0.0526. The quantitative estimate of drug-likeness (QED) is 0.0333. The van der Waals surface area contributed by atoms with Crippen LogP contribution in [0.15, 0.2) is 65.2 Å². The van der Waals surface area contributed by atoms with E-state index in [-0.39, 0.29) is 63.2 Å². The van der Waals surface area contributed by atoms with Crippen LogP contribution in [0.25, 0.3) is 0 Å². The average Bonchev–Trinajstić information content (AvgIpc) is 3.34. The molecule has 2 aliphatic heterocycles. The van der Waals surface area contributed by atoms with Crippen LogP contribution in [0.5, 0.6) is 0 Å². The number of allylic oxidation sites excluding steroid dienone is 6.